The molecule has 2 aromatic rings. The van der Waals surface area contributed by atoms with Crippen molar-refractivity contribution in [3.63, 3.8) is 0 Å². The Kier molecular flexibility index (Phi) is 5.56. The van der Waals surface area contributed by atoms with Gasteiger partial charge in [0.15, 0.2) is 0 Å². The van der Waals surface area contributed by atoms with Crippen molar-refractivity contribution in [2.75, 3.05) is 20.1 Å². The maximum absolute atomic E-state index is 13.3. The first kappa shape index (κ1) is 19.5. The molecule has 1 saturated carbocycles. The Balaban J connectivity index is 1.41. The average Bonchev–Trinajstić information content (AvgIpc) is 3.57. The van der Waals surface area contributed by atoms with Gasteiger partial charge in [0.2, 0.25) is 0 Å². The average molecular weight is 398 g/mol. The van der Waals surface area contributed by atoms with Crippen LogP contribution in [0.25, 0.3) is 10.8 Å². The molecule has 1 aliphatic heterocycles. The molecule has 154 valence electrons. The molecule has 0 radical (unpaired) electrons. The maximum Gasteiger partial charge on any atom is 0.318 e. The first-order chi connectivity index (χ1) is 14.0. The molecule has 0 bridgehead atoms. The zero-order valence-corrected chi connectivity index (χ0v) is 16.7. The number of amides is 4. The van der Waals surface area contributed by atoms with Gasteiger partial charge in [-0.05, 0) is 60.2 Å². The highest BCUT2D eigenvalue weighted by molar-refractivity contribution is 5.83. The third kappa shape index (κ3) is 4.44. The van der Waals surface area contributed by atoms with E-state index in [9.17, 15) is 14.0 Å². The summed E-state index contributed by atoms with van der Waals surface area (Å²) < 4.78 is 13.3. The van der Waals surface area contributed by atoms with Crippen LogP contribution < -0.4 is 10.6 Å². The van der Waals surface area contributed by atoms with Crippen LogP contribution in [0.5, 0.6) is 0 Å². The fourth-order valence-electron chi connectivity index (χ4n) is 4.15. The van der Waals surface area contributed by atoms with Gasteiger partial charge in [-0.25, -0.2) is 14.0 Å². The molecule has 1 heterocycles. The molecule has 0 aromatic heterocycles. The summed E-state index contributed by atoms with van der Waals surface area (Å²) in [7, 11) is 1.63. The Morgan fingerprint density at radius 1 is 1.10 bits per heavy atom. The second-order valence-electron chi connectivity index (χ2n) is 7.92. The Labute approximate surface area is 170 Å². The van der Waals surface area contributed by atoms with Gasteiger partial charge in [0.1, 0.15) is 5.82 Å². The number of fused-ring (bicyclic) bond motifs is 1. The number of likely N-dealkylation sites (tertiary alicyclic amines) is 1. The van der Waals surface area contributed by atoms with E-state index in [2.05, 4.69) is 10.6 Å². The van der Waals surface area contributed by atoms with Crippen molar-refractivity contribution < 1.29 is 14.0 Å². The number of carbonyl (C=O) groups excluding carboxylic acids is 2. The lowest BCUT2D eigenvalue weighted by atomic mass is 10.0. The van der Waals surface area contributed by atoms with Crippen LogP contribution in [0.4, 0.5) is 14.0 Å². The van der Waals surface area contributed by atoms with Crippen molar-refractivity contribution in [1.82, 2.24) is 20.4 Å². The van der Waals surface area contributed by atoms with E-state index in [1.807, 2.05) is 23.1 Å². The number of nitrogens with one attached hydrogen (secondary N) is 2. The van der Waals surface area contributed by atoms with Gasteiger partial charge in [-0.2, -0.15) is 0 Å². The van der Waals surface area contributed by atoms with Crippen LogP contribution in [0.15, 0.2) is 36.4 Å². The van der Waals surface area contributed by atoms with Gasteiger partial charge < -0.3 is 20.4 Å². The van der Waals surface area contributed by atoms with Crippen LogP contribution in [0.3, 0.4) is 0 Å². The Morgan fingerprint density at radius 2 is 1.86 bits per heavy atom. The lowest BCUT2D eigenvalue weighted by Crippen LogP contribution is -2.56. The summed E-state index contributed by atoms with van der Waals surface area (Å²) in [5, 5.41) is 7.52. The molecule has 1 aliphatic carbocycles. The predicted molar refractivity (Wildman–Crippen MR) is 110 cm³/mol. The zero-order chi connectivity index (χ0) is 20.4. The highest BCUT2D eigenvalue weighted by Crippen LogP contribution is 2.31. The van der Waals surface area contributed by atoms with Crippen LogP contribution in [-0.4, -0.2) is 54.1 Å². The summed E-state index contributed by atoms with van der Waals surface area (Å²) in [4.78, 5) is 28.7. The van der Waals surface area contributed by atoms with Gasteiger partial charge in [-0.3, -0.25) is 0 Å². The zero-order valence-electron chi connectivity index (χ0n) is 16.7. The second-order valence-corrected chi connectivity index (χ2v) is 7.92. The van der Waals surface area contributed by atoms with E-state index in [0.29, 0.717) is 13.1 Å². The molecule has 0 spiro atoms. The Bertz CT molecular complexity index is 915. The van der Waals surface area contributed by atoms with Crippen LogP contribution in [0.2, 0.25) is 0 Å². The number of urea groups is 2. The highest BCUT2D eigenvalue weighted by atomic mass is 19.1. The molecule has 2 aromatic carbocycles. The van der Waals surface area contributed by atoms with E-state index in [1.54, 1.807) is 18.0 Å². The molecule has 0 unspecified atom stereocenters. The number of rotatable bonds is 4. The number of hydrogen-bond donors (Lipinski definition) is 2. The summed E-state index contributed by atoms with van der Waals surface area (Å²) in [6, 6.07) is 10.6. The third-order valence-corrected chi connectivity index (χ3v) is 5.78. The minimum atomic E-state index is -0.253. The lowest BCUT2D eigenvalue weighted by molar-refractivity contribution is 0.116. The van der Waals surface area contributed by atoms with Gasteiger partial charge in [0.05, 0.1) is 6.04 Å². The number of halogens is 1. The van der Waals surface area contributed by atoms with Gasteiger partial charge >= 0.3 is 12.1 Å². The fourth-order valence-corrected chi connectivity index (χ4v) is 4.15. The normalized spacial score (nSPS) is 19.1. The SMILES string of the molecule is CNC(=O)N1CCC[C@@H](N(C(=O)NCc2ccc3cc(F)ccc3c2)C2CC2)C1. The molecule has 6 nitrogen and oxygen atoms in total. The van der Waals surface area contributed by atoms with Crippen LogP contribution in [-0.2, 0) is 6.54 Å². The van der Waals surface area contributed by atoms with Crippen molar-refractivity contribution in [1.29, 1.82) is 0 Å². The number of carbonyl (C=O) groups is 2. The summed E-state index contributed by atoms with van der Waals surface area (Å²) in [5.41, 5.74) is 0.976. The summed E-state index contributed by atoms with van der Waals surface area (Å²) in [6.45, 7) is 1.72. The molecule has 1 atom stereocenters. The van der Waals surface area contributed by atoms with Gasteiger partial charge in [-0.15, -0.1) is 0 Å². The van der Waals surface area contributed by atoms with E-state index < -0.39 is 0 Å². The number of benzene rings is 2. The largest absolute Gasteiger partial charge is 0.341 e. The van der Waals surface area contributed by atoms with Crippen LogP contribution in [0, 0.1) is 5.82 Å². The smallest absolute Gasteiger partial charge is 0.318 e. The molecule has 7 heteroatoms. The summed E-state index contributed by atoms with van der Waals surface area (Å²) in [6.07, 6.45) is 3.85. The van der Waals surface area contributed by atoms with Crippen molar-refractivity contribution >= 4 is 22.8 Å². The highest BCUT2D eigenvalue weighted by Gasteiger charge is 2.39. The molecule has 2 fully saturated rings. The standard InChI is InChI=1S/C22H27FN4O2/c1-24-21(28)26-10-2-3-20(14-26)27(19-8-9-19)22(29)25-13-15-4-5-17-12-18(23)7-6-16(17)11-15/h4-7,11-12,19-20H,2-3,8-10,13-14H2,1H3,(H,24,28)(H,25,29)/t20-/m1/s1. The summed E-state index contributed by atoms with van der Waals surface area (Å²) >= 11 is 0. The minimum absolute atomic E-state index is 0.0492. The number of piperidine rings is 1. The second kappa shape index (κ2) is 8.27. The Morgan fingerprint density at radius 3 is 2.62 bits per heavy atom. The Hall–Kier alpha value is -2.83. The van der Waals surface area contributed by atoms with Crippen molar-refractivity contribution in [2.24, 2.45) is 0 Å². The third-order valence-electron chi connectivity index (χ3n) is 5.78. The van der Waals surface area contributed by atoms with E-state index in [0.717, 1.165) is 48.6 Å². The molecule has 29 heavy (non-hydrogen) atoms. The molecule has 2 aliphatic rings. The van der Waals surface area contributed by atoms with Crippen molar-refractivity contribution in [3.8, 4) is 0 Å². The van der Waals surface area contributed by atoms with Crippen LogP contribution in [0.1, 0.15) is 31.2 Å². The quantitative estimate of drug-likeness (QED) is 0.829. The van der Waals surface area contributed by atoms with E-state index >= 15 is 0 Å². The van der Waals surface area contributed by atoms with Gasteiger partial charge in [0, 0.05) is 32.7 Å². The monoisotopic (exact) mass is 398 g/mol. The first-order valence-corrected chi connectivity index (χ1v) is 10.3. The minimum Gasteiger partial charge on any atom is -0.341 e. The van der Waals surface area contributed by atoms with Crippen molar-refractivity contribution in [3.05, 3.63) is 47.8 Å². The molecule has 4 amide bonds. The fraction of sp³-hybridized carbons (Fsp3) is 0.455. The van der Waals surface area contributed by atoms with Gasteiger partial charge in [0.25, 0.3) is 0 Å². The maximum atomic E-state index is 13.3. The van der Waals surface area contributed by atoms with Gasteiger partial charge in [-0.1, -0.05) is 18.2 Å². The predicted octanol–water partition coefficient (Wildman–Crippen LogP) is 3.46. The molecule has 2 N–H and O–H groups in total. The van der Waals surface area contributed by atoms with Crippen molar-refractivity contribution in [2.45, 2.75) is 44.3 Å². The first-order valence-electron chi connectivity index (χ1n) is 10.3. The molecule has 4 rings (SSSR count). The molecular formula is C22H27FN4O2. The topological polar surface area (TPSA) is 64.7 Å². The number of hydrogen-bond acceptors (Lipinski definition) is 2. The van der Waals surface area contributed by atoms with E-state index in [4.69, 9.17) is 0 Å². The van der Waals surface area contributed by atoms with E-state index in [-0.39, 0.29) is 30.0 Å². The molecular weight excluding hydrogens is 371 g/mol. The molecule has 1 saturated heterocycles. The van der Waals surface area contributed by atoms with E-state index in [1.165, 1.54) is 12.1 Å². The summed E-state index contributed by atoms with van der Waals surface area (Å²) in [5.74, 6) is -0.253. The number of nitrogens with zero attached hydrogens (tertiary/aromatic N) is 2. The van der Waals surface area contributed by atoms with Crippen LogP contribution >= 0.6 is 0 Å². The lowest BCUT2D eigenvalue weighted by Gasteiger charge is -2.39.